The number of methoxy groups -OCH3 is 1. The van der Waals surface area contributed by atoms with Crippen LogP contribution in [0.5, 0.6) is 5.75 Å². The van der Waals surface area contributed by atoms with Gasteiger partial charge in [-0.1, -0.05) is 0 Å². The lowest BCUT2D eigenvalue weighted by Crippen LogP contribution is -2.45. The van der Waals surface area contributed by atoms with Crippen LogP contribution in [0.2, 0.25) is 0 Å². The third-order valence-corrected chi connectivity index (χ3v) is 3.41. The molecule has 1 aliphatic rings. The van der Waals surface area contributed by atoms with E-state index in [1.165, 1.54) is 13.2 Å². The van der Waals surface area contributed by atoms with Crippen molar-refractivity contribution >= 4 is 11.7 Å². The average molecular weight is 283 g/mol. The van der Waals surface area contributed by atoms with E-state index in [1.54, 1.807) is 0 Å². The molecule has 0 atom stereocenters. The van der Waals surface area contributed by atoms with Gasteiger partial charge in [0.2, 0.25) is 5.82 Å². The van der Waals surface area contributed by atoms with Crippen LogP contribution in [0.25, 0.3) is 0 Å². The number of nitrogens with zero attached hydrogens (tertiary/aromatic N) is 1. The molecule has 1 fully saturated rings. The number of benzene rings is 1. The van der Waals surface area contributed by atoms with Crippen molar-refractivity contribution in [1.82, 2.24) is 0 Å². The van der Waals surface area contributed by atoms with Crippen molar-refractivity contribution in [3.63, 3.8) is 0 Å². The molecule has 0 N–H and O–H groups in total. The van der Waals surface area contributed by atoms with Gasteiger partial charge < -0.3 is 9.47 Å². The van der Waals surface area contributed by atoms with Gasteiger partial charge in [0.1, 0.15) is 11.4 Å². The van der Waals surface area contributed by atoms with Crippen LogP contribution in [0.3, 0.4) is 0 Å². The van der Waals surface area contributed by atoms with Crippen LogP contribution >= 0.6 is 0 Å². The van der Waals surface area contributed by atoms with E-state index < -0.39 is 28.0 Å². The Bertz CT molecular complexity index is 542. The monoisotopic (exact) mass is 283 g/mol. The molecule has 0 amide bonds. The first-order chi connectivity index (χ1) is 9.46. The Morgan fingerprint density at radius 2 is 2.20 bits per heavy atom. The maximum atomic E-state index is 13.5. The van der Waals surface area contributed by atoms with Crippen LogP contribution in [0.1, 0.15) is 25.7 Å². The standard InChI is InChI=1S/C13H14FNO5/c1-19-12(16)8-13(5-2-6-13)20-9-3-4-11(15(17)18)10(14)7-9/h3-4,7H,2,5-6,8H2,1H3. The summed E-state index contributed by atoms with van der Waals surface area (Å²) in [4.78, 5) is 21.1. The highest BCUT2D eigenvalue weighted by Gasteiger charge is 2.42. The predicted octanol–water partition coefficient (Wildman–Crippen LogP) is 2.60. The van der Waals surface area contributed by atoms with Crippen LogP contribution in [0, 0.1) is 15.9 Å². The number of rotatable bonds is 5. The van der Waals surface area contributed by atoms with E-state index in [2.05, 4.69) is 4.74 Å². The van der Waals surface area contributed by atoms with E-state index >= 15 is 0 Å². The number of nitro groups is 1. The molecule has 20 heavy (non-hydrogen) atoms. The lowest BCUT2D eigenvalue weighted by atomic mass is 9.77. The Morgan fingerprint density at radius 3 is 2.65 bits per heavy atom. The van der Waals surface area contributed by atoms with E-state index in [4.69, 9.17) is 4.74 Å². The molecule has 6 nitrogen and oxygen atoms in total. The lowest BCUT2D eigenvalue weighted by Gasteiger charge is -2.41. The second-order valence-electron chi connectivity index (χ2n) is 4.76. The third-order valence-electron chi connectivity index (χ3n) is 3.41. The smallest absolute Gasteiger partial charge is 0.309 e. The molecule has 0 unspecified atom stereocenters. The number of nitro benzene ring substituents is 1. The normalized spacial score (nSPS) is 16.1. The lowest BCUT2D eigenvalue weighted by molar-refractivity contribution is -0.387. The van der Waals surface area contributed by atoms with Crippen LogP contribution < -0.4 is 4.74 Å². The second kappa shape index (κ2) is 5.44. The van der Waals surface area contributed by atoms with Crippen LogP contribution in [-0.4, -0.2) is 23.6 Å². The molecular weight excluding hydrogens is 269 g/mol. The molecule has 0 aromatic heterocycles. The summed E-state index contributed by atoms with van der Waals surface area (Å²) in [7, 11) is 1.29. The van der Waals surface area contributed by atoms with E-state index in [0.717, 1.165) is 18.6 Å². The SMILES string of the molecule is COC(=O)CC1(Oc2ccc([N+](=O)[O-])c(F)c2)CCC1. The Morgan fingerprint density at radius 1 is 1.50 bits per heavy atom. The Labute approximate surface area is 114 Å². The molecule has 0 bridgehead atoms. The topological polar surface area (TPSA) is 78.7 Å². The maximum absolute atomic E-state index is 13.5. The Hall–Kier alpha value is -2.18. The minimum atomic E-state index is -0.958. The molecule has 1 aromatic carbocycles. The predicted molar refractivity (Wildman–Crippen MR) is 66.9 cm³/mol. The minimum Gasteiger partial charge on any atom is -0.487 e. The van der Waals surface area contributed by atoms with Crippen LogP contribution in [0.15, 0.2) is 18.2 Å². The number of carbonyl (C=O) groups excluding carboxylic acids is 1. The van der Waals surface area contributed by atoms with Gasteiger partial charge in [0.15, 0.2) is 0 Å². The van der Waals surface area contributed by atoms with Crippen molar-refractivity contribution in [2.24, 2.45) is 0 Å². The van der Waals surface area contributed by atoms with Crippen LogP contribution in [-0.2, 0) is 9.53 Å². The maximum Gasteiger partial charge on any atom is 0.309 e. The number of esters is 1. The molecule has 0 aliphatic heterocycles. The zero-order valence-electron chi connectivity index (χ0n) is 10.9. The number of halogens is 1. The summed E-state index contributed by atoms with van der Waals surface area (Å²) < 4.78 is 23.8. The first-order valence-electron chi connectivity index (χ1n) is 6.15. The highest BCUT2D eigenvalue weighted by Crippen LogP contribution is 2.40. The summed E-state index contributed by atoms with van der Waals surface area (Å²) >= 11 is 0. The molecule has 0 heterocycles. The molecule has 1 saturated carbocycles. The van der Waals surface area contributed by atoms with Crippen molar-refractivity contribution in [2.45, 2.75) is 31.3 Å². The first-order valence-corrected chi connectivity index (χ1v) is 6.15. The number of hydrogen-bond acceptors (Lipinski definition) is 5. The van der Waals surface area contributed by atoms with Gasteiger partial charge in [0.25, 0.3) is 0 Å². The highest BCUT2D eigenvalue weighted by atomic mass is 19.1. The molecule has 0 radical (unpaired) electrons. The first kappa shape index (κ1) is 14.2. The van der Waals surface area contributed by atoms with Crippen molar-refractivity contribution in [1.29, 1.82) is 0 Å². The molecule has 108 valence electrons. The van der Waals surface area contributed by atoms with Gasteiger partial charge in [-0.3, -0.25) is 14.9 Å². The van der Waals surface area contributed by atoms with Gasteiger partial charge in [0.05, 0.1) is 18.5 Å². The molecule has 1 aliphatic carbocycles. The number of ether oxygens (including phenoxy) is 2. The molecule has 0 saturated heterocycles. The summed E-state index contributed by atoms with van der Waals surface area (Å²) in [6.07, 6.45) is 2.33. The Balaban J connectivity index is 2.14. The summed E-state index contributed by atoms with van der Waals surface area (Å²) in [5.74, 6) is -1.18. The molecule has 2 rings (SSSR count). The number of hydrogen-bond donors (Lipinski definition) is 0. The van der Waals surface area contributed by atoms with Gasteiger partial charge in [-0.05, 0) is 25.3 Å². The molecule has 0 spiro atoms. The zero-order chi connectivity index (χ0) is 14.8. The van der Waals surface area contributed by atoms with Gasteiger partial charge in [-0.25, -0.2) is 0 Å². The fraction of sp³-hybridized carbons (Fsp3) is 0.462. The van der Waals surface area contributed by atoms with Crippen molar-refractivity contribution < 1.29 is 23.6 Å². The zero-order valence-corrected chi connectivity index (χ0v) is 10.9. The highest BCUT2D eigenvalue weighted by molar-refractivity contribution is 5.70. The molecule has 1 aromatic rings. The average Bonchev–Trinajstić information content (AvgIpc) is 2.35. The fourth-order valence-corrected chi connectivity index (χ4v) is 2.17. The van der Waals surface area contributed by atoms with E-state index in [1.807, 2.05) is 0 Å². The quantitative estimate of drug-likeness (QED) is 0.471. The summed E-state index contributed by atoms with van der Waals surface area (Å²) in [6.45, 7) is 0. The van der Waals surface area contributed by atoms with Gasteiger partial charge >= 0.3 is 11.7 Å². The minimum absolute atomic E-state index is 0.0854. The third kappa shape index (κ3) is 2.87. The van der Waals surface area contributed by atoms with Crippen LogP contribution in [0.4, 0.5) is 10.1 Å². The fourth-order valence-electron chi connectivity index (χ4n) is 2.17. The van der Waals surface area contributed by atoms with E-state index in [0.29, 0.717) is 12.8 Å². The second-order valence-corrected chi connectivity index (χ2v) is 4.76. The molecule has 7 heteroatoms. The summed E-state index contributed by atoms with van der Waals surface area (Å²) in [6, 6.07) is 3.35. The van der Waals surface area contributed by atoms with Gasteiger partial charge in [-0.15, -0.1) is 0 Å². The summed E-state index contributed by atoms with van der Waals surface area (Å²) in [5, 5.41) is 10.5. The van der Waals surface area contributed by atoms with E-state index in [-0.39, 0.29) is 12.2 Å². The van der Waals surface area contributed by atoms with E-state index in [9.17, 15) is 19.3 Å². The number of carbonyl (C=O) groups is 1. The van der Waals surface area contributed by atoms with Crippen molar-refractivity contribution in [3.05, 3.63) is 34.1 Å². The van der Waals surface area contributed by atoms with Crippen molar-refractivity contribution in [2.75, 3.05) is 7.11 Å². The summed E-state index contributed by atoms with van der Waals surface area (Å²) in [5.41, 5.74) is -1.29. The molecular formula is C13H14FNO5. The van der Waals surface area contributed by atoms with Gasteiger partial charge in [-0.2, -0.15) is 4.39 Å². The van der Waals surface area contributed by atoms with Crippen molar-refractivity contribution in [3.8, 4) is 5.75 Å². The largest absolute Gasteiger partial charge is 0.487 e. The van der Waals surface area contributed by atoms with Gasteiger partial charge in [0, 0.05) is 12.1 Å². The Kier molecular flexibility index (Phi) is 3.87.